The zero-order valence-corrected chi connectivity index (χ0v) is 15.1. The standard InChI is InChI=1S/C17H18ClN3O2S/c1-23-12-7-5-11(6-8-12)14-4-3-9-21(14)16(22)15-13(18)10-19-17(20-15)24-2/h5-8,10,14H,3-4,9H2,1-2H3/t14-/m0/s1. The van der Waals surface area contributed by atoms with Crippen molar-refractivity contribution in [2.75, 3.05) is 19.9 Å². The minimum Gasteiger partial charge on any atom is -0.497 e. The minimum atomic E-state index is -0.143. The molecule has 1 amide bonds. The quantitative estimate of drug-likeness (QED) is 0.610. The van der Waals surface area contributed by atoms with Crippen LogP contribution in [0.2, 0.25) is 5.02 Å². The molecule has 1 aromatic heterocycles. The van der Waals surface area contributed by atoms with Crippen molar-refractivity contribution in [3.63, 3.8) is 0 Å². The van der Waals surface area contributed by atoms with Gasteiger partial charge in [0.15, 0.2) is 10.9 Å². The summed E-state index contributed by atoms with van der Waals surface area (Å²) in [4.78, 5) is 23.2. The van der Waals surface area contributed by atoms with Crippen molar-refractivity contribution in [2.24, 2.45) is 0 Å². The number of benzene rings is 1. The first kappa shape index (κ1) is 17.0. The summed E-state index contributed by atoms with van der Waals surface area (Å²) < 4.78 is 5.20. The largest absolute Gasteiger partial charge is 0.497 e. The Hall–Kier alpha value is -1.79. The van der Waals surface area contributed by atoms with Crippen molar-refractivity contribution in [3.05, 3.63) is 46.7 Å². The molecule has 0 aliphatic carbocycles. The maximum atomic E-state index is 13.0. The summed E-state index contributed by atoms with van der Waals surface area (Å²) >= 11 is 7.55. The van der Waals surface area contributed by atoms with Crippen molar-refractivity contribution < 1.29 is 9.53 Å². The number of aromatic nitrogens is 2. The summed E-state index contributed by atoms with van der Waals surface area (Å²) in [5.41, 5.74) is 1.37. The van der Waals surface area contributed by atoms with Gasteiger partial charge in [-0.3, -0.25) is 4.79 Å². The van der Waals surface area contributed by atoms with E-state index in [0.29, 0.717) is 11.7 Å². The Bertz CT molecular complexity index is 739. The van der Waals surface area contributed by atoms with Crippen LogP contribution in [0.25, 0.3) is 0 Å². The molecule has 0 spiro atoms. The van der Waals surface area contributed by atoms with Gasteiger partial charge in [-0.05, 0) is 36.8 Å². The summed E-state index contributed by atoms with van der Waals surface area (Å²) in [6.45, 7) is 0.699. The Labute approximate surface area is 150 Å². The smallest absolute Gasteiger partial charge is 0.274 e. The van der Waals surface area contributed by atoms with E-state index < -0.39 is 0 Å². The molecule has 7 heteroatoms. The van der Waals surface area contributed by atoms with Crippen LogP contribution in [0, 0.1) is 0 Å². The lowest BCUT2D eigenvalue weighted by Crippen LogP contribution is -2.31. The molecule has 0 saturated carbocycles. The third-order valence-corrected chi connectivity index (χ3v) is 4.96. The topological polar surface area (TPSA) is 55.3 Å². The Balaban J connectivity index is 1.88. The average Bonchev–Trinajstić information content (AvgIpc) is 3.11. The molecule has 1 fully saturated rings. The molecule has 1 atom stereocenters. The molecule has 0 radical (unpaired) electrons. The molecule has 3 rings (SSSR count). The number of hydrogen-bond acceptors (Lipinski definition) is 5. The predicted octanol–water partition coefficient (Wildman–Crippen LogP) is 3.84. The predicted molar refractivity (Wildman–Crippen MR) is 94.8 cm³/mol. The zero-order valence-electron chi connectivity index (χ0n) is 13.5. The number of carbonyl (C=O) groups excluding carboxylic acids is 1. The Morgan fingerprint density at radius 1 is 1.38 bits per heavy atom. The molecule has 0 bridgehead atoms. The van der Waals surface area contributed by atoms with E-state index >= 15 is 0 Å². The first-order valence-corrected chi connectivity index (χ1v) is 9.25. The molecule has 1 aliphatic heterocycles. The number of hydrogen-bond donors (Lipinski definition) is 0. The highest BCUT2D eigenvalue weighted by Crippen LogP contribution is 2.34. The lowest BCUT2D eigenvalue weighted by atomic mass is 10.0. The number of likely N-dealkylation sites (tertiary alicyclic amines) is 1. The van der Waals surface area contributed by atoms with E-state index in [1.165, 1.54) is 18.0 Å². The van der Waals surface area contributed by atoms with Gasteiger partial charge in [0, 0.05) is 6.54 Å². The first-order chi connectivity index (χ1) is 11.6. The van der Waals surface area contributed by atoms with E-state index in [1.807, 2.05) is 35.4 Å². The monoisotopic (exact) mass is 363 g/mol. The molecule has 126 valence electrons. The fourth-order valence-corrected chi connectivity index (χ4v) is 3.43. The molecular weight excluding hydrogens is 346 g/mol. The Kier molecular flexibility index (Phi) is 5.26. The fourth-order valence-electron chi connectivity index (χ4n) is 2.92. The van der Waals surface area contributed by atoms with Crippen LogP contribution >= 0.6 is 23.4 Å². The minimum absolute atomic E-state index is 0.0344. The lowest BCUT2D eigenvalue weighted by molar-refractivity contribution is 0.0728. The molecule has 1 aromatic carbocycles. The van der Waals surface area contributed by atoms with E-state index in [-0.39, 0.29) is 22.7 Å². The molecule has 24 heavy (non-hydrogen) atoms. The third-order valence-electron chi connectivity index (χ3n) is 4.12. The number of methoxy groups -OCH3 is 1. The number of amides is 1. The molecule has 1 saturated heterocycles. The summed E-state index contributed by atoms with van der Waals surface area (Å²) in [5.74, 6) is 0.661. The highest BCUT2D eigenvalue weighted by Gasteiger charge is 2.32. The van der Waals surface area contributed by atoms with Gasteiger partial charge in [-0.15, -0.1) is 0 Å². The van der Waals surface area contributed by atoms with Crippen LogP contribution in [-0.4, -0.2) is 40.7 Å². The highest BCUT2D eigenvalue weighted by molar-refractivity contribution is 7.98. The zero-order chi connectivity index (χ0) is 17.1. The fraction of sp³-hybridized carbons (Fsp3) is 0.353. The summed E-state index contributed by atoms with van der Waals surface area (Å²) in [7, 11) is 1.64. The second-order valence-corrected chi connectivity index (χ2v) is 6.66. The van der Waals surface area contributed by atoms with Crippen molar-refractivity contribution >= 4 is 29.3 Å². The maximum absolute atomic E-state index is 13.0. The van der Waals surface area contributed by atoms with E-state index in [0.717, 1.165) is 24.2 Å². The van der Waals surface area contributed by atoms with Crippen LogP contribution in [0.5, 0.6) is 5.75 Å². The number of nitrogens with zero attached hydrogens (tertiary/aromatic N) is 3. The SMILES string of the molecule is COc1ccc([C@@H]2CCCN2C(=O)c2nc(SC)ncc2Cl)cc1. The molecule has 0 N–H and O–H groups in total. The molecule has 2 aromatic rings. The van der Waals surface area contributed by atoms with Crippen LogP contribution in [0.3, 0.4) is 0 Å². The van der Waals surface area contributed by atoms with Crippen LogP contribution < -0.4 is 4.74 Å². The number of rotatable bonds is 4. The summed E-state index contributed by atoms with van der Waals surface area (Å²) in [6, 6.07) is 7.88. The van der Waals surface area contributed by atoms with Crippen LogP contribution in [0.4, 0.5) is 0 Å². The summed E-state index contributed by atoms with van der Waals surface area (Å²) in [6.07, 6.45) is 5.25. The number of halogens is 1. The number of carbonyl (C=O) groups is 1. The molecule has 0 unspecified atom stereocenters. The molecular formula is C17H18ClN3O2S. The normalized spacial score (nSPS) is 17.1. The van der Waals surface area contributed by atoms with Gasteiger partial charge in [-0.1, -0.05) is 35.5 Å². The first-order valence-electron chi connectivity index (χ1n) is 7.65. The van der Waals surface area contributed by atoms with Gasteiger partial charge in [-0.2, -0.15) is 0 Å². The highest BCUT2D eigenvalue weighted by atomic mass is 35.5. The number of thioether (sulfide) groups is 1. The second kappa shape index (κ2) is 7.40. The van der Waals surface area contributed by atoms with Crippen LogP contribution in [0.15, 0.2) is 35.6 Å². The molecule has 5 nitrogen and oxygen atoms in total. The van der Waals surface area contributed by atoms with Crippen LogP contribution in [0.1, 0.15) is 34.9 Å². The van der Waals surface area contributed by atoms with E-state index in [9.17, 15) is 4.79 Å². The van der Waals surface area contributed by atoms with Gasteiger partial charge in [0.2, 0.25) is 0 Å². The van der Waals surface area contributed by atoms with Gasteiger partial charge in [0.05, 0.1) is 24.4 Å². The van der Waals surface area contributed by atoms with Crippen molar-refractivity contribution in [3.8, 4) is 5.75 Å². The molecule has 2 heterocycles. The van der Waals surface area contributed by atoms with E-state index in [4.69, 9.17) is 16.3 Å². The van der Waals surface area contributed by atoms with Crippen molar-refractivity contribution in [1.29, 1.82) is 0 Å². The third kappa shape index (κ3) is 3.35. The second-order valence-electron chi connectivity index (χ2n) is 5.48. The van der Waals surface area contributed by atoms with Gasteiger partial charge in [0.1, 0.15) is 5.75 Å². The Morgan fingerprint density at radius 3 is 2.79 bits per heavy atom. The molecule has 1 aliphatic rings. The lowest BCUT2D eigenvalue weighted by Gasteiger charge is -2.25. The van der Waals surface area contributed by atoms with Gasteiger partial charge < -0.3 is 9.64 Å². The van der Waals surface area contributed by atoms with Crippen molar-refractivity contribution in [1.82, 2.24) is 14.9 Å². The van der Waals surface area contributed by atoms with E-state index in [2.05, 4.69) is 9.97 Å². The van der Waals surface area contributed by atoms with Gasteiger partial charge in [0.25, 0.3) is 5.91 Å². The average molecular weight is 364 g/mol. The van der Waals surface area contributed by atoms with Gasteiger partial charge in [-0.25, -0.2) is 9.97 Å². The van der Waals surface area contributed by atoms with Crippen molar-refractivity contribution in [2.45, 2.75) is 24.0 Å². The Morgan fingerprint density at radius 2 is 2.12 bits per heavy atom. The van der Waals surface area contributed by atoms with Gasteiger partial charge >= 0.3 is 0 Å². The van der Waals surface area contributed by atoms with E-state index in [1.54, 1.807) is 7.11 Å². The summed E-state index contributed by atoms with van der Waals surface area (Å²) in [5, 5.41) is 0.834. The van der Waals surface area contributed by atoms with Crippen LogP contribution in [-0.2, 0) is 0 Å². The maximum Gasteiger partial charge on any atom is 0.274 e. The number of ether oxygens (including phenoxy) is 1.